The smallest absolute Gasteiger partial charge is 0.339 e. The lowest BCUT2D eigenvalue weighted by molar-refractivity contribution is 0.0693. The number of aromatic carboxylic acids is 1. The average Bonchev–Trinajstić information content (AvgIpc) is 2.26. The fraction of sp³-hybridized carbons (Fsp3) is 0.300. The molecule has 17 heavy (non-hydrogen) atoms. The number of rotatable bonds is 5. The number of carbonyl (C=O) groups is 1. The van der Waals surface area contributed by atoms with Crippen molar-refractivity contribution < 1.29 is 23.4 Å². The maximum atomic E-state index is 11.7. The van der Waals surface area contributed by atoms with Gasteiger partial charge in [0, 0.05) is 5.88 Å². The van der Waals surface area contributed by atoms with Gasteiger partial charge < -0.3 is 10.2 Å². The Bertz CT molecular complexity index is 523. The quantitative estimate of drug-likeness (QED) is 0.796. The predicted molar refractivity (Wildman–Crippen MR) is 62.5 cm³/mol. The molecule has 7 heteroatoms. The predicted octanol–water partition coefficient (Wildman–Crippen LogP) is 1.49. The monoisotopic (exact) mass is 278 g/mol. The fourth-order valence-corrected chi connectivity index (χ4v) is 2.87. The molecule has 0 aromatic heterocycles. The van der Waals surface area contributed by atoms with Crippen LogP contribution in [0.4, 0.5) is 0 Å². The summed E-state index contributed by atoms with van der Waals surface area (Å²) in [5.74, 6) is -1.78. The minimum Gasteiger partial charge on any atom is -0.507 e. The van der Waals surface area contributed by atoms with Gasteiger partial charge in [-0.15, -0.1) is 11.6 Å². The first kappa shape index (κ1) is 13.8. The van der Waals surface area contributed by atoms with Crippen LogP contribution in [0.2, 0.25) is 0 Å². The summed E-state index contributed by atoms with van der Waals surface area (Å²) >= 11 is 5.40. The Hall–Kier alpha value is -1.27. The molecule has 0 atom stereocenters. The summed E-state index contributed by atoms with van der Waals surface area (Å²) in [5.41, 5.74) is -0.433. The second-order valence-electron chi connectivity index (χ2n) is 3.35. The molecule has 1 rings (SSSR count). The third-order valence-electron chi connectivity index (χ3n) is 2.10. The van der Waals surface area contributed by atoms with Crippen molar-refractivity contribution in [3.8, 4) is 5.75 Å². The number of sulfone groups is 1. The second-order valence-corrected chi connectivity index (χ2v) is 5.83. The van der Waals surface area contributed by atoms with Crippen LogP contribution in [-0.4, -0.2) is 36.2 Å². The first-order chi connectivity index (χ1) is 7.88. The van der Waals surface area contributed by atoms with Gasteiger partial charge in [-0.05, 0) is 24.6 Å². The van der Waals surface area contributed by atoms with Crippen LogP contribution < -0.4 is 0 Å². The largest absolute Gasteiger partial charge is 0.507 e. The molecule has 2 N–H and O–H groups in total. The number of alkyl halides is 1. The van der Waals surface area contributed by atoms with Crippen molar-refractivity contribution in [2.24, 2.45) is 0 Å². The molecule has 1 aromatic rings. The van der Waals surface area contributed by atoms with Crippen LogP contribution in [-0.2, 0) is 9.84 Å². The number of hydrogen-bond donors (Lipinski definition) is 2. The summed E-state index contributed by atoms with van der Waals surface area (Å²) in [5, 5.41) is 18.0. The summed E-state index contributed by atoms with van der Waals surface area (Å²) in [4.78, 5) is 10.6. The molecule has 0 radical (unpaired) electrons. The van der Waals surface area contributed by atoms with E-state index in [2.05, 4.69) is 0 Å². The standard InChI is InChI=1S/C10H11ClO5S/c11-4-1-5-17(15,16)7-2-3-9(12)8(6-7)10(13)14/h2-3,6,12H,1,4-5H2,(H,13,14). The van der Waals surface area contributed by atoms with E-state index >= 15 is 0 Å². The van der Waals surface area contributed by atoms with Crippen molar-refractivity contribution in [1.29, 1.82) is 0 Å². The summed E-state index contributed by atoms with van der Waals surface area (Å²) in [6.45, 7) is 0. The highest BCUT2D eigenvalue weighted by molar-refractivity contribution is 7.91. The zero-order valence-corrected chi connectivity index (χ0v) is 10.3. The first-order valence-electron chi connectivity index (χ1n) is 4.73. The zero-order valence-electron chi connectivity index (χ0n) is 8.76. The molecule has 0 unspecified atom stereocenters. The van der Waals surface area contributed by atoms with E-state index in [0.717, 1.165) is 12.1 Å². The molecule has 5 nitrogen and oxygen atoms in total. The van der Waals surface area contributed by atoms with Crippen LogP contribution in [0.3, 0.4) is 0 Å². The summed E-state index contributed by atoms with van der Waals surface area (Å²) in [6.07, 6.45) is 0.285. The van der Waals surface area contributed by atoms with Gasteiger partial charge in [0.15, 0.2) is 9.84 Å². The summed E-state index contributed by atoms with van der Waals surface area (Å²) < 4.78 is 23.5. The maximum Gasteiger partial charge on any atom is 0.339 e. The van der Waals surface area contributed by atoms with Crippen molar-refractivity contribution in [3.63, 3.8) is 0 Å². The van der Waals surface area contributed by atoms with Gasteiger partial charge in [-0.3, -0.25) is 0 Å². The van der Waals surface area contributed by atoms with E-state index in [1.165, 1.54) is 6.07 Å². The normalized spacial score (nSPS) is 11.4. The van der Waals surface area contributed by atoms with Gasteiger partial charge in [0.05, 0.1) is 10.6 Å². The van der Waals surface area contributed by atoms with E-state index < -0.39 is 27.1 Å². The van der Waals surface area contributed by atoms with Crippen molar-refractivity contribution in [2.75, 3.05) is 11.6 Å². The van der Waals surface area contributed by atoms with Crippen LogP contribution in [0.5, 0.6) is 5.75 Å². The number of phenols is 1. The Morgan fingerprint density at radius 2 is 2.00 bits per heavy atom. The molecule has 0 spiro atoms. The lowest BCUT2D eigenvalue weighted by Crippen LogP contribution is -2.09. The van der Waals surface area contributed by atoms with Crippen LogP contribution in [0.25, 0.3) is 0 Å². The first-order valence-corrected chi connectivity index (χ1v) is 6.92. The number of aromatic hydroxyl groups is 1. The van der Waals surface area contributed by atoms with Gasteiger partial charge in [-0.1, -0.05) is 0 Å². The van der Waals surface area contributed by atoms with E-state index in [9.17, 15) is 18.3 Å². The average molecular weight is 279 g/mol. The Morgan fingerprint density at radius 3 is 2.53 bits per heavy atom. The highest BCUT2D eigenvalue weighted by Gasteiger charge is 2.18. The molecule has 0 saturated carbocycles. The molecule has 0 amide bonds. The molecular weight excluding hydrogens is 268 g/mol. The maximum absolute atomic E-state index is 11.7. The molecule has 0 fully saturated rings. The van der Waals surface area contributed by atoms with Gasteiger partial charge >= 0.3 is 5.97 Å². The third-order valence-corrected chi connectivity index (χ3v) is 4.17. The second kappa shape index (κ2) is 5.37. The number of carboxylic acids is 1. The highest BCUT2D eigenvalue weighted by Crippen LogP contribution is 2.22. The Labute approximate surface area is 104 Å². The van der Waals surface area contributed by atoms with E-state index in [1.807, 2.05) is 0 Å². The van der Waals surface area contributed by atoms with Crippen LogP contribution in [0, 0.1) is 0 Å². The van der Waals surface area contributed by atoms with Crippen molar-refractivity contribution in [2.45, 2.75) is 11.3 Å². The summed E-state index contributed by atoms with van der Waals surface area (Å²) in [7, 11) is -3.55. The van der Waals surface area contributed by atoms with Gasteiger partial charge in [-0.2, -0.15) is 0 Å². The van der Waals surface area contributed by atoms with Crippen molar-refractivity contribution in [3.05, 3.63) is 23.8 Å². The van der Waals surface area contributed by atoms with Crippen molar-refractivity contribution in [1.82, 2.24) is 0 Å². The van der Waals surface area contributed by atoms with Crippen LogP contribution in [0.1, 0.15) is 16.8 Å². The number of hydrogen-bond acceptors (Lipinski definition) is 4. The molecule has 0 aliphatic rings. The van der Waals surface area contributed by atoms with Gasteiger partial charge in [0.2, 0.25) is 0 Å². The fourth-order valence-electron chi connectivity index (χ4n) is 1.24. The molecule has 1 aromatic carbocycles. The van der Waals surface area contributed by atoms with Gasteiger partial charge in [-0.25, -0.2) is 13.2 Å². The zero-order chi connectivity index (χ0) is 13.1. The van der Waals surface area contributed by atoms with E-state index in [0.29, 0.717) is 0 Å². The van der Waals surface area contributed by atoms with Crippen LogP contribution >= 0.6 is 11.6 Å². The Morgan fingerprint density at radius 1 is 1.35 bits per heavy atom. The lowest BCUT2D eigenvalue weighted by atomic mass is 10.2. The SMILES string of the molecule is O=C(O)c1cc(S(=O)(=O)CCCCl)ccc1O. The molecular formula is C10H11ClO5S. The minimum atomic E-state index is -3.55. The molecule has 0 saturated heterocycles. The summed E-state index contributed by atoms with van der Waals surface area (Å²) in [6, 6.07) is 3.17. The molecule has 94 valence electrons. The van der Waals surface area contributed by atoms with E-state index in [-0.39, 0.29) is 22.9 Å². The molecule has 0 aliphatic heterocycles. The minimum absolute atomic E-state index is 0.127. The van der Waals surface area contributed by atoms with E-state index in [1.54, 1.807) is 0 Å². The third kappa shape index (κ3) is 3.34. The van der Waals surface area contributed by atoms with Gasteiger partial charge in [0.1, 0.15) is 11.3 Å². The number of halogens is 1. The Balaban J connectivity index is 3.16. The van der Waals surface area contributed by atoms with Crippen LogP contribution in [0.15, 0.2) is 23.1 Å². The molecule has 0 heterocycles. The highest BCUT2D eigenvalue weighted by atomic mass is 35.5. The number of carboxylic acid groups (broad SMARTS) is 1. The van der Waals surface area contributed by atoms with Gasteiger partial charge in [0.25, 0.3) is 0 Å². The lowest BCUT2D eigenvalue weighted by Gasteiger charge is -2.05. The topological polar surface area (TPSA) is 91.7 Å². The number of benzene rings is 1. The molecule has 0 bridgehead atoms. The molecule has 0 aliphatic carbocycles. The Kier molecular flexibility index (Phi) is 4.36. The van der Waals surface area contributed by atoms with E-state index in [4.69, 9.17) is 16.7 Å². The van der Waals surface area contributed by atoms with Crippen molar-refractivity contribution >= 4 is 27.4 Å².